The molecule has 1 aromatic rings. The van der Waals surface area contributed by atoms with Crippen LogP contribution in [0.15, 0.2) is 53.1 Å². The second kappa shape index (κ2) is 4.96. The molecule has 0 saturated carbocycles. The third-order valence-corrected chi connectivity index (χ3v) is 4.57. The number of nitrogens with two attached hydrogens (primary N) is 1. The molecule has 1 aromatic carbocycles. The average molecular weight is 264 g/mol. The molecule has 96 valence electrons. The van der Waals surface area contributed by atoms with E-state index in [1.54, 1.807) is 36.5 Å². The van der Waals surface area contributed by atoms with E-state index >= 15 is 0 Å². The van der Waals surface area contributed by atoms with Crippen molar-refractivity contribution in [1.29, 1.82) is 0 Å². The third-order valence-electron chi connectivity index (χ3n) is 2.83. The molecule has 0 saturated heterocycles. The van der Waals surface area contributed by atoms with E-state index in [0.29, 0.717) is 18.0 Å². The smallest absolute Gasteiger partial charge is 0.264 e. The summed E-state index contributed by atoms with van der Waals surface area (Å²) >= 11 is 0. The van der Waals surface area contributed by atoms with Crippen molar-refractivity contribution < 1.29 is 8.42 Å². The highest BCUT2D eigenvalue weighted by Crippen LogP contribution is 2.19. The van der Waals surface area contributed by atoms with E-state index in [4.69, 9.17) is 5.73 Å². The highest BCUT2D eigenvalue weighted by Gasteiger charge is 2.23. The van der Waals surface area contributed by atoms with Crippen LogP contribution >= 0.6 is 0 Å². The molecule has 0 amide bonds. The van der Waals surface area contributed by atoms with Gasteiger partial charge in [-0.3, -0.25) is 4.31 Å². The van der Waals surface area contributed by atoms with Crippen LogP contribution in [-0.2, 0) is 10.0 Å². The Bertz CT molecular complexity index is 586. The predicted molar refractivity (Wildman–Crippen MR) is 71.3 cm³/mol. The molecule has 1 aliphatic rings. The predicted octanol–water partition coefficient (Wildman–Crippen LogP) is 1.40. The Balaban J connectivity index is 2.30. The zero-order valence-electron chi connectivity index (χ0n) is 10.2. The first-order chi connectivity index (χ1) is 8.54. The fourth-order valence-electron chi connectivity index (χ4n) is 1.72. The van der Waals surface area contributed by atoms with E-state index in [9.17, 15) is 8.42 Å². The third kappa shape index (κ3) is 2.47. The summed E-state index contributed by atoms with van der Waals surface area (Å²) in [7, 11) is -3.47. The Hall–Kier alpha value is -1.59. The minimum atomic E-state index is -3.47. The van der Waals surface area contributed by atoms with Crippen molar-refractivity contribution in [3.05, 3.63) is 53.8 Å². The lowest BCUT2D eigenvalue weighted by Gasteiger charge is -2.23. The largest absolute Gasteiger partial charge is 0.327 e. The molecule has 0 spiro atoms. The lowest BCUT2D eigenvalue weighted by Crippen LogP contribution is -2.31. The molecule has 2 rings (SSSR count). The second-order valence-corrected chi connectivity index (χ2v) is 6.12. The molecule has 0 aliphatic carbocycles. The van der Waals surface area contributed by atoms with E-state index in [2.05, 4.69) is 0 Å². The summed E-state index contributed by atoms with van der Waals surface area (Å²) in [6.45, 7) is 2.61. The van der Waals surface area contributed by atoms with Crippen molar-refractivity contribution in [3.63, 3.8) is 0 Å². The summed E-state index contributed by atoms with van der Waals surface area (Å²) in [6.07, 6.45) is 5.12. The zero-order chi connectivity index (χ0) is 13.2. The van der Waals surface area contributed by atoms with Crippen molar-refractivity contribution in [2.75, 3.05) is 13.1 Å². The maximum Gasteiger partial charge on any atom is 0.264 e. The summed E-state index contributed by atoms with van der Waals surface area (Å²) in [5, 5.41) is 0. The lowest BCUT2D eigenvalue weighted by molar-refractivity contribution is 0.513. The van der Waals surface area contributed by atoms with Gasteiger partial charge in [0.25, 0.3) is 10.0 Å². The minimum absolute atomic E-state index is 0.302. The average Bonchev–Trinajstić information content (AvgIpc) is 2.39. The first kappa shape index (κ1) is 12.9. The normalized spacial score (nSPS) is 15.7. The number of hydrogen-bond donors (Lipinski definition) is 1. The first-order valence-corrected chi connectivity index (χ1v) is 7.13. The zero-order valence-corrected chi connectivity index (χ0v) is 11.0. The van der Waals surface area contributed by atoms with Crippen LogP contribution in [0.1, 0.15) is 5.56 Å². The highest BCUT2D eigenvalue weighted by atomic mass is 32.2. The van der Waals surface area contributed by atoms with E-state index in [0.717, 1.165) is 11.1 Å². The standard InChI is InChI=1S/C13H16N2O2S/c1-11-4-6-13(7-5-11)18(16,17)15-8-2-3-12(9-14)10-15/h2-8H,9-10,14H2,1H3. The summed E-state index contributed by atoms with van der Waals surface area (Å²) in [5.41, 5.74) is 7.47. The molecule has 0 fully saturated rings. The van der Waals surface area contributed by atoms with E-state index in [1.165, 1.54) is 4.31 Å². The summed E-state index contributed by atoms with van der Waals surface area (Å²) < 4.78 is 26.1. The molecule has 1 aliphatic heterocycles. The van der Waals surface area contributed by atoms with Crippen LogP contribution in [0.3, 0.4) is 0 Å². The summed E-state index contributed by atoms with van der Waals surface area (Å²) in [5.74, 6) is 0. The number of benzene rings is 1. The van der Waals surface area contributed by atoms with Crippen LogP contribution in [0.25, 0.3) is 0 Å². The fraction of sp³-hybridized carbons (Fsp3) is 0.231. The topological polar surface area (TPSA) is 63.4 Å². The van der Waals surface area contributed by atoms with E-state index in [-0.39, 0.29) is 0 Å². The number of nitrogens with zero attached hydrogens (tertiary/aromatic N) is 1. The maximum atomic E-state index is 12.4. The monoisotopic (exact) mass is 264 g/mol. The number of sulfonamides is 1. The van der Waals surface area contributed by atoms with Crippen LogP contribution < -0.4 is 5.73 Å². The van der Waals surface area contributed by atoms with Crippen molar-refractivity contribution in [2.45, 2.75) is 11.8 Å². The van der Waals surface area contributed by atoms with Crippen LogP contribution in [-0.4, -0.2) is 25.8 Å². The Labute approximate surface area is 107 Å². The number of aryl methyl sites for hydroxylation is 1. The maximum absolute atomic E-state index is 12.4. The highest BCUT2D eigenvalue weighted by molar-refractivity contribution is 7.89. The van der Waals surface area contributed by atoms with E-state index in [1.807, 2.05) is 13.0 Å². The van der Waals surface area contributed by atoms with Gasteiger partial charge in [-0.05, 0) is 30.7 Å². The SMILES string of the molecule is Cc1ccc(S(=O)(=O)N2C=CC=C(CN)C2)cc1. The molecule has 0 unspecified atom stereocenters. The molecule has 5 heteroatoms. The Morgan fingerprint density at radius 2 is 1.94 bits per heavy atom. The van der Waals surface area contributed by atoms with Crippen LogP contribution in [0.5, 0.6) is 0 Å². The van der Waals surface area contributed by atoms with Crippen molar-refractivity contribution in [3.8, 4) is 0 Å². The Morgan fingerprint density at radius 1 is 1.28 bits per heavy atom. The van der Waals surface area contributed by atoms with Crippen LogP contribution in [0.2, 0.25) is 0 Å². The van der Waals surface area contributed by atoms with Gasteiger partial charge in [-0.2, -0.15) is 0 Å². The van der Waals surface area contributed by atoms with Gasteiger partial charge in [0.15, 0.2) is 0 Å². The molecule has 2 N–H and O–H groups in total. The molecule has 4 nitrogen and oxygen atoms in total. The van der Waals surface area contributed by atoms with Crippen molar-refractivity contribution >= 4 is 10.0 Å². The van der Waals surface area contributed by atoms with Crippen molar-refractivity contribution in [1.82, 2.24) is 4.31 Å². The first-order valence-electron chi connectivity index (χ1n) is 5.69. The van der Waals surface area contributed by atoms with Gasteiger partial charge in [-0.1, -0.05) is 23.8 Å². The van der Waals surface area contributed by atoms with Gasteiger partial charge in [0.1, 0.15) is 0 Å². The Kier molecular flexibility index (Phi) is 3.54. The van der Waals surface area contributed by atoms with Gasteiger partial charge in [0.2, 0.25) is 0 Å². The Morgan fingerprint density at radius 3 is 2.56 bits per heavy atom. The molecular weight excluding hydrogens is 248 g/mol. The van der Waals surface area contributed by atoms with Gasteiger partial charge in [-0.25, -0.2) is 8.42 Å². The van der Waals surface area contributed by atoms with Crippen LogP contribution in [0.4, 0.5) is 0 Å². The van der Waals surface area contributed by atoms with Gasteiger partial charge in [0.05, 0.1) is 11.4 Å². The van der Waals surface area contributed by atoms with Crippen molar-refractivity contribution in [2.24, 2.45) is 5.73 Å². The summed E-state index contributed by atoms with van der Waals surface area (Å²) in [4.78, 5) is 0.302. The van der Waals surface area contributed by atoms with Gasteiger partial charge in [0, 0.05) is 12.7 Å². The molecule has 0 radical (unpaired) electrons. The number of hydrogen-bond acceptors (Lipinski definition) is 3. The summed E-state index contributed by atoms with van der Waals surface area (Å²) in [6, 6.07) is 6.83. The fourth-order valence-corrected chi connectivity index (χ4v) is 3.04. The minimum Gasteiger partial charge on any atom is -0.327 e. The van der Waals surface area contributed by atoms with E-state index < -0.39 is 10.0 Å². The quantitative estimate of drug-likeness (QED) is 0.897. The molecule has 0 bridgehead atoms. The molecule has 0 aromatic heterocycles. The van der Waals surface area contributed by atoms with Gasteiger partial charge >= 0.3 is 0 Å². The second-order valence-electron chi connectivity index (χ2n) is 4.23. The van der Waals surface area contributed by atoms with Gasteiger partial charge < -0.3 is 5.73 Å². The molecular formula is C13H16N2O2S. The number of allylic oxidation sites excluding steroid dienone is 2. The molecule has 0 atom stereocenters. The lowest BCUT2D eigenvalue weighted by atomic mass is 10.2. The molecule has 1 heterocycles. The number of rotatable bonds is 3. The molecule has 18 heavy (non-hydrogen) atoms. The van der Waals surface area contributed by atoms with Gasteiger partial charge in [-0.15, -0.1) is 0 Å². The van der Waals surface area contributed by atoms with Crippen LogP contribution in [0, 0.1) is 6.92 Å².